The monoisotopic (exact) mass is 232 g/mol. The number of aryl methyl sites for hydroxylation is 1. The summed E-state index contributed by atoms with van der Waals surface area (Å²) in [6.07, 6.45) is 7.27. The SMILES string of the molecule is Cc1ccc(CNC2CCCC(C)(C)C2)nc1. The van der Waals surface area contributed by atoms with Gasteiger partial charge in [0.25, 0.3) is 0 Å². The summed E-state index contributed by atoms with van der Waals surface area (Å²) in [7, 11) is 0. The van der Waals surface area contributed by atoms with E-state index in [-0.39, 0.29) is 0 Å². The molecular formula is C15H24N2. The molecule has 2 nitrogen and oxygen atoms in total. The van der Waals surface area contributed by atoms with Crippen molar-refractivity contribution in [2.45, 2.75) is 59.0 Å². The summed E-state index contributed by atoms with van der Waals surface area (Å²) in [5.41, 5.74) is 2.89. The number of hydrogen-bond acceptors (Lipinski definition) is 2. The Hall–Kier alpha value is -0.890. The number of nitrogens with one attached hydrogen (secondary N) is 1. The van der Waals surface area contributed by atoms with Gasteiger partial charge in [-0.05, 0) is 43.2 Å². The zero-order chi connectivity index (χ0) is 12.3. The Kier molecular flexibility index (Phi) is 3.82. The quantitative estimate of drug-likeness (QED) is 0.863. The van der Waals surface area contributed by atoms with E-state index >= 15 is 0 Å². The van der Waals surface area contributed by atoms with Gasteiger partial charge in [-0.2, -0.15) is 0 Å². The Morgan fingerprint density at radius 3 is 2.88 bits per heavy atom. The van der Waals surface area contributed by atoms with E-state index < -0.39 is 0 Å². The van der Waals surface area contributed by atoms with Crippen molar-refractivity contribution < 1.29 is 0 Å². The van der Waals surface area contributed by atoms with Crippen LogP contribution >= 0.6 is 0 Å². The van der Waals surface area contributed by atoms with Gasteiger partial charge in [0.2, 0.25) is 0 Å². The standard InChI is InChI=1S/C15H24N2/c1-12-6-7-14(16-10-12)11-17-13-5-4-8-15(2,3)9-13/h6-7,10,13,17H,4-5,8-9,11H2,1-3H3. The van der Waals surface area contributed by atoms with Gasteiger partial charge in [0.15, 0.2) is 0 Å². The van der Waals surface area contributed by atoms with Gasteiger partial charge in [0, 0.05) is 18.8 Å². The lowest BCUT2D eigenvalue weighted by molar-refractivity contribution is 0.197. The van der Waals surface area contributed by atoms with Crippen molar-refractivity contribution in [1.82, 2.24) is 10.3 Å². The molecule has 1 fully saturated rings. The van der Waals surface area contributed by atoms with E-state index in [1.807, 2.05) is 6.20 Å². The van der Waals surface area contributed by atoms with E-state index in [9.17, 15) is 0 Å². The molecule has 1 saturated carbocycles. The minimum Gasteiger partial charge on any atom is -0.308 e. The van der Waals surface area contributed by atoms with Crippen LogP contribution in [0.25, 0.3) is 0 Å². The molecule has 17 heavy (non-hydrogen) atoms. The zero-order valence-corrected chi connectivity index (χ0v) is 11.3. The Morgan fingerprint density at radius 2 is 2.24 bits per heavy atom. The van der Waals surface area contributed by atoms with Crippen LogP contribution in [0.15, 0.2) is 18.3 Å². The van der Waals surface area contributed by atoms with Crippen LogP contribution < -0.4 is 5.32 Å². The fraction of sp³-hybridized carbons (Fsp3) is 0.667. The molecular weight excluding hydrogens is 208 g/mol. The number of pyridine rings is 1. The maximum Gasteiger partial charge on any atom is 0.0541 e. The minimum absolute atomic E-state index is 0.511. The summed E-state index contributed by atoms with van der Waals surface area (Å²) in [6, 6.07) is 4.92. The predicted molar refractivity (Wildman–Crippen MR) is 71.9 cm³/mol. The molecule has 1 heterocycles. The highest BCUT2D eigenvalue weighted by Gasteiger charge is 2.27. The second kappa shape index (κ2) is 5.18. The fourth-order valence-corrected chi connectivity index (χ4v) is 2.72. The normalized spacial score (nSPS) is 23.6. The lowest BCUT2D eigenvalue weighted by atomic mass is 9.75. The summed E-state index contributed by atoms with van der Waals surface area (Å²) < 4.78 is 0. The second-order valence-electron chi connectivity index (χ2n) is 6.17. The molecule has 0 aromatic carbocycles. The second-order valence-corrected chi connectivity index (χ2v) is 6.17. The van der Waals surface area contributed by atoms with Crippen molar-refractivity contribution in [3.05, 3.63) is 29.6 Å². The number of aromatic nitrogens is 1. The average molecular weight is 232 g/mol. The van der Waals surface area contributed by atoms with Crippen LogP contribution in [0.1, 0.15) is 50.8 Å². The molecule has 1 N–H and O–H groups in total. The molecule has 0 saturated heterocycles. The van der Waals surface area contributed by atoms with Crippen LogP contribution in [0, 0.1) is 12.3 Å². The summed E-state index contributed by atoms with van der Waals surface area (Å²) in [5.74, 6) is 0. The summed E-state index contributed by atoms with van der Waals surface area (Å²) >= 11 is 0. The Labute approximate surface area is 105 Å². The van der Waals surface area contributed by atoms with Crippen LogP contribution in [0.2, 0.25) is 0 Å². The van der Waals surface area contributed by atoms with Gasteiger partial charge in [0.05, 0.1) is 5.69 Å². The van der Waals surface area contributed by atoms with E-state index in [2.05, 4.69) is 43.2 Å². The largest absolute Gasteiger partial charge is 0.308 e. The molecule has 0 amide bonds. The molecule has 1 unspecified atom stereocenters. The third kappa shape index (κ3) is 3.81. The molecule has 0 aliphatic heterocycles. The van der Waals surface area contributed by atoms with E-state index in [0.717, 1.165) is 12.2 Å². The first kappa shape index (κ1) is 12.6. The van der Waals surface area contributed by atoms with Crippen molar-refractivity contribution in [1.29, 1.82) is 0 Å². The third-order valence-electron chi connectivity index (χ3n) is 3.75. The number of rotatable bonds is 3. The molecule has 0 spiro atoms. The molecule has 1 aliphatic carbocycles. The Morgan fingerprint density at radius 1 is 1.41 bits per heavy atom. The lowest BCUT2D eigenvalue weighted by Gasteiger charge is -2.35. The first-order valence-electron chi connectivity index (χ1n) is 6.70. The maximum atomic E-state index is 4.44. The van der Waals surface area contributed by atoms with Gasteiger partial charge < -0.3 is 5.32 Å². The van der Waals surface area contributed by atoms with Gasteiger partial charge in [-0.15, -0.1) is 0 Å². The smallest absolute Gasteiger partial charge is 0.0541 e. The highest BCUT2D eigenvalue weighted by atomic mass is 14.9. The van der Waals surface area contributed by atoms with E-state index in [1.54, 1.807) is 0 Å². The highest BCUT2D eigenvalue weighted by molar-refractivity contribution is 5.12. The first-order chi connectivity index (χ1) is 8.05. The van der Waals surface area contributed by atoms with Crippen LogP contribution in [0.3, 0.4) is 0 Å². The van der Waals surface area contributed by atoms with E-state index in [4.69, 9.17) is 0 Å². The van der Waals surface area contributed by atoms with E-state index in [0.29, 0.717) is 11.5 Å². The maximum absolute atomic E-state index is 4.44. The Balaban J connectivity index is 1.84. The molecule has 1 atom stereocenters. The Bertz CT molecular complexity index is 354. The molecule has 2 heteroatoms. The third-order valence-corrected chi connectivity index (χ3v) is 3.75. The molecule has 1 aliphatic rings. The van der Waals surface area contributed by atoms with Gasteiger partial charge in [0.1, 0.15) is 0 Å². The van der Waals surface area contributed by atoms with Gasteiger partial charge in [-0.3, -0.25) is 4.98 Å². The van der Waals surface area contributed by atoms with E-state index in [1.165, 1.54) is 31.2 Å². The summed E-state index contributed by atoms with van der Waals surface area (Å²) in [5, 5.41) is 3.65. The fourth-order valence-electron chi connectivity index (χ4n) is 2.72. The summed E-state index contributed by atoms with van der Waals surface area (Å²) in [4.78, 5) is 4.44. The minimum atomic E-state index is 0.511. The van der Waals surface area contributed by atoms with Gasteiger partial charge >= 0.3 is 0 Å². The molecule has 1 aromatic rings. The van der Waals surface area contributed by atoms with Crippen molar-refractivity contribution in [2.24, 2.45) is 5.41 Å². The first-order valence-corrected chi connectivity index (χ1v) is 6.70. The molecule has 94 valence electrons. The predicted octanol–water partition coefficient (Wildman–Crippen LogP) is 3.45. The number of nitrogens with zero attached hydrogens (tertiary/aromatic N) is 1. The van der Waals surface area contributed by atoms with Gasteiger partial charge in [-0.1, -0.05) is 26.3 Å². The van der Waals surface area contributed by atoms with Crippen LogP contribution in [0.5, 0.6) is 0 Å². The summed E-state index contributed by atoms with van der Waals surface area (Å²) in [6.45, 7) is 7.74. The van der Waals surface area contributed by atoms with Crippen molar-refractivity contribution >= 4 is 0 Å². The zero-order valence-electron chi connectivity index (χ0n) is 11.3. The molecule has 0 radical (unpaired) electrons. The molecule has 1 aromatic heterocycles. The topological polar surface area (TPSA) is 24.9 Å². The van der Waals surface area contributed by atoms with Crippen molar-refractivity contribution in [3.63, 3.8) is 0 Å². The van der Waals surface area contributed by atoms with Crippen molar-refractivity contribution in [2.75, 3.05) is 0 Å². The average Bonchev–Trinajstić information content (AvgIpc) is 2.27. The number of hydrogen-bond donors (Lipinski definition) is 1. The van der Waals surface area contributed by atoms with Crippen LogP contribution in [-0.2, 0) is 6.54 Å². The van der Waals surface area contributed by atoms with Crippen LogP contribution in [-0.4, -0.2) is 11.0 Å². The van der Waals surface area contributed by atoms with Crippen molar-refractivity contribution in [3.8, 4) is 0 Å². The molecule has 2 rings (SSSR count). The van der Waals surface area contributed by atoms with Crippen LogP contribution in [0.4, 0.5) is 0 Å². The lowest BCUT2D eigenvalue weighted by Crippen LogP contribution is -2.37. The highest BCUT2D eigenvalue weighted by Crippen LogP contribution is 2.35. The van der Waals surface area contributed by atoms with Gasteiger partial charge in [-0.25, -0.2) is 0 Å². The molecule has 0 bridgehead atoms.